The highest BCUT2D eigenvalue weighted by molar-refractivity contribution is 6.03. The lowest BCUT2D eigenvalue weighted by atomic mass is 10.0. The monoisotopic (exact) mass is 505 g/mol. The Labute approximate surface area is 211 Å². The first-order valence-corrected chi connectivity index (χ1v) is 12.2. The molecule has 1 amide bonds. The van der Waals surface area contributed by atoms with E-state index in [0.29, 0.717) is 60.2 Å². The third-order valence-corrected chi connectivity index (χ3v) is 6.95. The molecule has 2 N–H and O–H groups in total. The molecule has 0 spiro atoms. The van der Waals surface area contributed by atoms with E-state index in [1.54, 1.807) is 24.3 Å². The van der Waals surface area contributed by atoms with Crippen LogP contribution in [0.1, 0.15) is 41.2 Å². The van der Waals surface area contributed by atoms with Crippen molar-refractivity contribution in [3.63, 3.8) is 0 Å². The van der Waals surface area contributed by atoms with Crippen molar-refractivity contribution in [2.24, 2.45) is 0 Å². The standard InChI is InChI=1S/C26H25F2N7O2/c27-17-4-5-20(28)19(12-17)21-2-1-10-34(21)24-8-7-23-30-14-25(35(23)32-24)31-26(37)16-3-6-22(29-13-16)33-11-9-18(36)15-33/h3-8,12-14,18,21,36H,1-2,9-11,15H2,(H,31,37)/t18-,21-/m1/s1. The van der Waals surface area contributed by atoms with Gasteiger partial charge in [0.05, 0.1) is 23.9 Å². The van der Waals surface area contributed by atoms with Gasteiger partial charge in [0, 0.05) is 31.4 Å². The number of aliphatic hydroxyl groups is 1. The number of fused-ring (bicyclic) bond motifs is 1. The molecule has 4 aromatic rings. The van der Waals surface area contributed by atoms with Crippen LogP contribution in [-0.2, 0) is 0 Å². The molecule has 2 saturated heterocycles. The van der Waals surface area contributed by atoms with Crippen molar-refractivity contribution in [3.05, 3.63) is 77.6 Å². The number of halogens is 2. The second kappa shape index (κ2) is 9.40. The fourth-order valence-corrected chi connectivity index (χ4v) is 5.08. The van der Waals surface area contributed by atoms with E-state index in [0.717, 1.165) is 25.1 Å². The lowest BCUT2D eigenvalue weighted by Crippen LogP contribution is -2.25. The molecular weight excluding hydrogens is 480 g/mol. The second-order valence-electron chi connectivity index (χ2n) is 9.37. The van der Waals surface area contributed by atoms with Crippen molar-refractivity contribution in [2.75, 3.05) is 34.8 Å². The van der Waals surface area contributed by atoms with Gasteiger partial charge in [0.1, 0.15) is 23.3 Å². The number of aliphatic hydroxyl groups excluding tert-OH is 1. The Hall–Kier alpha value is -4.12. The van der Waals surface area contributed by atoms with Crippen LogP contribution < -0.4 is 15.1 Å². The van der Waals surface area contributed by atoms with E-state index >= 15 is 0 Å². The summed E-state index contributed by atoms with van der Waals surface area (Å²) in [7, 11) is 0. The minimum Gasteiger partial charge on any atom is -0.391 e. The lowest BCUT2D eigenvalue weighted by molar-refractivity contribution is 0.102. The normalized spacial score (nSPS) is 19.6. The Kier molecular flexibility index (Phi) is 5.91. The number of nitrogens with zero attached hydrogens (tertiary/aromatic N) is 6. The number of nitrogens with one attached hydrogen (secondary N) is 1. The molecule has 11 heteroatoms. The number of anilines is 3. The molecule has 2 aliphatic heterocycles. The molecule has 2 atom stereocenters. The zero-order valence-corrected chi connectivity index (χ0v) is 19.9. The van der Waals surface area contributed by atoms with Crippen molar-refractivity contribution in [1.29, 1.82) is 0 Å². The van der Waals surface area contributed by atoms with E-state index < -0.39 is 11.6 Å². The SMILES string of the molecule is O=C(Nc1cnc2ccc(N3CCC[C@@H]3c3cc(F)ccc3F)nn12)c1ccc(N2CC[C@@H](O)C2)nc1. The fraction of sp³-hybridized carbons (Fsp3) is 0.308. The summed E-state index contributed by atoms with van der Waals surface area (Å²) in [6.45, 7) is 1.89. The van der Waals surface area contributed by atoms with Crippen LogP contribution in [0.4, 0.5) is 26.2 Å². The van der Waals surface area contributed by atoms with Crippen molar-refractivity contribution in [3.8, 4) is 0 Å². The van der Waals surface area contributed by atoms with Crippen LogP contribution in [0.15, 0.2) is 54.9 Å². The first-order valence-electron chi connectivity index (χ1n) is 12.2. The van der Waals surface area contributed by atoms with Gasteiger partial charge in [0.2, 0.25) is 0 Å². The van der Waals surface area contributed by atoms with E-state index in [-0.39, 0.29) is 18.1 Å². The van der Waals surface area contributed by atoms with Gasteiger partial charge in [-0.3, -0.25) is 4.79 Å². The Morgan fingerprint density at radius 2 is 1.86 bits per heavy atom. The van der Waals surface area contributed by atoms with Crippen molar-refractivity contribution >= 4 is 29.0 Å². The summed E-state index contributed by atoms with van der Waals surface area (Å²) < 4.78 is 29.9. The molecule has 3 aromatic heterocycles. The maximum absolute atomic E-state index is 14.5. The molecule has 190 valence electrons. The van der Waals surface area contributed by atoms with Crippen LogP contribution in [0.5, 0.6) is 0 Å². The van der Waals surface area contributed by atoms with E-state index in [1.165, 1.54) is 23.0 Å². The summed E-state index contributed by atoms with van der Waals surface area (Å²) in [4.78, 5) is 25.5. The highest BCUT2D eigenvalue weighted by Crippen LogP contribution is 2.36. The van der Waals surface area contributed by atoms with Crippen LogP contribution in [-0.4, -0.2) is 56.3 Å². The number of aromatic nitrogens is 4. The number of pyridine rings is 1. The number of rotatable bonds is 5. The summed E-state index contributed by atoms with van der Waals surface area (Å²) in [5, 5.41) is 17.2. The van der Waals surface area contributed by atoms with Gasteiger partial charge in [0.15, 0.2) is 11.5 Å². The van der Waals surface area contributed by atoms with Gasteiger partial charge in [-0.1, -0.05) is 0 Å². The molecule has 0 radical (unpaired) electrons. The topological polar surface area (TPSA) is 98.9 Å². The summed E-state index contributed by atoms with van der Waals surface area (Å²) in [6.07, 6.45) is 4.84. The molecule has 37 heavy (non-hydrogen) atoms. The summed E-state index contributed by atoms with van der Waals surface area (Å²) >= 11 is 0. The third kappa shape index (κ3) is 4.46. The highest BCUT2D eigenvalue weighted by atomic mass is 19.1. The van der Waals surface area contributed by atoms with Gasteiger partial charge in [-0.2, -0.15) is 4.52 Å². The van der Waals surface area contributed by atoms with Crippen molar-refractivity contribution in [2.45, 2.75) is 31.4 Å². The van der Waals surface area contributed by atoms with Crippen molar-refractivity contribution in [1.82, 2.24) is 19.6 Å². The molecule has 0 aliphatic carbocycles. The first kappa shape index (κ1) is 23.3. The van der Waals surface area contributed by atoms with Gasteiger partial charge in [-0.15, -0.1) is 5.10 Å². The Bertz CT molecular complexity index is 1460. The van der Waals surface area contributed by atoms with Crippen molar-refractivity contribution < 1.29 is 18.7 Å². The number of hydrogen-bond acceptors (Lipinski definition) is 7. The summed E-state index contributed by atoms with van der Waals surface area (Å²) in [5.74, 6) is 0.370. The van der Waals surface area contributed by atoms with Gasteiger partial charge < -0.3 is 20.2 Å². The first-order chi connectivity index (χ1) is 18.0. The number of carbonyl (C=O) groups is 1. The third-order valence-electron chi connectivity index (χ3n) is 6.95. The highest BCUT2D eigenvalue weighted by Gasteiger charge is 2.30. The fourth-order valence-electron chi connectivity index (χ4n) is 5.08. The van der Waals surface area contributed by atoms with E-state index in [2.05, 4.69) is 20.4 Å². The number of β-amino-alcohol motifs (C(OH)–C–C–N with tert-alkyl or cyclic N) is 1. The molecule has 2 fully saturated rings. The predicted molar refractivity (Wildman–Crippen MR) is 134 cm³/mol. The smallest absolute Gasteiger partial charge is 0.258 e. The number of imidazole rings is 1. The molecule has 9 nitrogen and oxygen atoms in total. The lowest BCUT2D eigenvalue weighted by Gasteiger charge is -2.26. The summed E-state index contributed by atoms with van der Waals surface area (Å²) in [5.41, 5.74) is 1.21. The maximum Gasteiger partial charge on any atom is 0.258 e. The molecule has 0 unspecified atom stereocenters. The molecule has 5 heterocycles. The summed E-state index contributed by atoms with van der Waals surface area (Å²) in [6, 6.07) is 10.2. The quantitative estimate of drug-likeness (QED) is 0.428. The maximum atomic E-state index is 14.5. The van der Waals surface area contributed by atoms with Gasteiger partial charge in [-0.25, -0.2) is 18.7 Å². The molecule has 6 rings (SSSR count). The number of hydrogen-bond donors (Lipinski definition) is 2. The van der Waals surface area contributed by atoms with Crippen LogP contribution in [0.25, 0.3) is 5.65 Å². The van der Waals surface area contributed by atoms with Crippen LogP contribution >= 0.6 is 0 Å². The van der Waals surface area contributed by atoms with Crippen LogP contribution in [0, 0.1) is 11.6 Å². The largest absolute Gasteiger partial charge is 0.391 e. The Morgan fingerprint density at radius 3 is 2.65 bits per heavy atom. The number of benzene rings is 1. The molecule has 1 aromatic carbocycles. The second-order valence-corrected chi connectivity index (χ2v) is 9.37. The number of amides is 1. The zero-order chi connectivity index (χ0) is 25.5. The van der Waals surface area contributed by atoms with Gasteiger partial charge in [0.25, 0.3) is 5.91 Å². The van der Waals surface area contributed by atoms with E-state index in [1.807, 2.05) is 9.80 Å². The van der Waals surface area contributed by atoms with Crippen LogP contribution in [0.3, 0.4) is 0 Å². The minimum absolute atomic E-state index is 0.304. The predicted octanol–water partition coefficient (Wildman–Crippen LogP) is 3.57. The zero-order valence-electron chi connectivity index (χ0n) is 19.9. The number of carbonyl (C=O) groups excluding carboxylic acids is 1. The molecule has 0 saturated carbocycles. The Balaban J connectivity index is 1.23. The molecule has 2 aliphatic rings. The van der Waals surface area contributed by atoms with Gasteiger partial charge in [-0.05, 0) is 61.7 Å². The van der Waals surface area contributed by atoms with E-state index in [4.69, 9.17) is 0 Å². The van der Waals surface area contributed by atoms with E-state index in [9.17, 15) is 18.7 Å². The Morgan fingerprint density at radius 1 is 1.00 bits per heavy atom. The average molecular weight is 506 g/mol. The van der Waals surface area contributed by atoms with Gasteiger partial charge >= 0.3 is 0 Å². The molecular formula is C26H25F2N7O2. The minimum atomic E-state index is -0.480. The molecule has 0 bridgehead atoms. The van der Waals surface area contributed by atoms with Crippen LogP contribution in [0.2, 0.25) is 0 Å². The average Bonchev–Trinajstić information content (AvgIpc) is 3.65.